The quantitative estimate of drug-likeness (QED) is 0.837. The van der Waals surface area contributed by atoms with Gasteiger partial charge in [-0.1, -0.05) is 27.7 Å². The number of pyridine rings is 1. The molecule has 0 spiro atoms. The van der Waals surface area contributed by atoms with E-state index in [1.54, 1.807) is 12.3 Å². The molecular formula is C17H29N3O. The van der Waals surface area contributed by atoms with Crippen LogP contribution in [-0.4, -0.2) is 23.0 Å². The van der Waals surface area contributed by atoms with E-state index in [1.165, 1.54) is 0 Å². The van der Waals surface area contributed by atoms with Gasteiger partial charge in [-0.2, -0.15) is 0 Å². The number of carbonyl (C=O) groups is 1. The lowest BCUT2D eigenvalue weighted by Gasteiger charge is -2.33. The molecule has 2 N–H and O–H groups in total. The van der Waals surface area contributed by atoms with E-state index in [9.17, 15) is 4.79 Å². The van der Waals surface area contributed by atoms with Crippen LogP contribution in [0.3, 0.4) is 0 Å². The van der Waals surface area contributed by atoms with Crippen molar-refractivity contribution in [2.24, 2.45) is 5.41 Å². The number of nitrogens with one attached hydrogen (secondary N) is 2. The van der Waals surface area contributed by atoms with Crippen molar-refractivity contribution >= 4 is 11.7 Å². The van der Waals surface area contributed by atoms with Gasteiger partial charge in [0.2, 0.25) is 0 Å². The number of anilines is 1. The van der Waals surface area contributed by atoms with Gasteiger partial charge in [0.15, 0.2) is 0 Å². The third kappa shape index (κ3) is 6.15. The highest BCUT2D eigenvalue weighted by Gasteiger charge is 2.28. The molecule has 0 aliphatic rings. The first kappa shape index (κ1) is 17.5. The molecule has 1 aromatic heterocycles. The molecule has 0 saturated heterocycles. The Hall–Kier alpha value is -1.58. The highest BCUT2D eigenvalue weighted by atomic mass is 16.1. The van der Waals surface area contributed by atoms with Crippen LogP contribution in [0.1, 0.15) is 64.7 Å². The van der Waals surface area contributed by atoms with Gasteiger partial charge in [-0.3, -0.25) is 4.79 Å². The molecule has 4 nitrogen and oxygen atoms in total. The average Bonchev–Trinajstić information content (AvgIpc) is 2.33. The van der Waals surface area contributed by atoms with Crippen LogP contribution in [0, 0.1) is 5.41 Å². The van der Waals surface area contributed by atoms with Crippen molar-refractivity contribution in [3.8, 4) is 0 Å². The molecule has 0 aromatic carbocycles. The first-order valence-electron chi connectivity index (χ1n) is 7.66. The van der Waals surface area contributed by atoms with Crippen LogP contribution >= 0.6 is 0 Å². The van der Waals surface area contributed by atoms with E-state index in [0.717, 1.165) is 19.4 Å². The van der Waals surface area contributed by atoms with Crippen molar-refractivity contribution in [3.63, 3.8) is 0 Å². The zero-order valence-electron chi connectivity index (χ0n) is 14.2. The molecule has 0 aliphatic heterocycles. The van der Waals surface area contributed by atoms with Crippen LogP contribution in [0.15, 0.2) is 18.3 Å². The Morgan fingerprint density at radius 3 is 2.48 bits per heavy atom. The highest BCUT2D eigenvalue weighted by Crippen LogP contribution is 2.27. The summed E-state index contributed by atoms with van der Waals surface area (Å²) in [5.41, 5.74) is 0.510. The Labute approximate surface area is 128 Å². The molecule has 4 heteroatoms. The Morgan fingerprint density at radius 1 is 1.24 bits per heavy atom. The number of amides is 1. The van der Waals surface area contributed by atoms with Crippen molar-refractivity contribution in [2.45, 2.75) is 59.9 Å². The molecule has 1 rings (SSSR count). The minimum Gasteiger partial charge on any atom is -0.369 e. The summed E-state index contributed by atoms with van der Waals surface area (Å²) in [5, 5.41) is 6.33. The fourth-order valence-corrected chi connectivity index (χ4v) is 2.72. The average molecular weight is 291 g/mol. The first-order valence-corrected chi connectivity index (χ1v) is 7.66. The predicted octanol–water partition coefficient (Wildman–Crippen LogP) is 3.85. The second-order valence-electron chi connectivity index (χ2n) is 7.40. The van der Waals surface area contributed by atoms with Gasteiger partial charge >= 0.3 is 0 Å². The Balaban J connectivity index is 2.84. The molecule has 0 radical (unpaired) electrons. The molecular weight excluding hydrogens is 262 g/mol. The summed E-state index contributed by atoms with van der Waals surface area (Å²) in [6.07, 6.45) is 3.60. The summed E-state index contributed by atoms with van der Waals surface area (Å²) in [7, 11) is 0. The van der Waals surface area contributed by atoms with Crippen LogP contribution in [-0.2, 0) is 0 Å². The van der Waals surface area contributed by atoms with Crippen LogP contribution in [0.2, 0.25) is 0 Å². The lowest BCUT2D eigenvalue weighted by Crippen LogP contribution is -2.46. The molecule has 1 amide bonds. The SMILES string of the molecule is CCCNc1ncccc1C(=O)NC(C)(C)CC(C)(C)C. The summed E-state index contributed by atoms with van der Waals surface area (Å²) >= 11 is 0. The number of nitrogens with zero attached hydrogens (tertiary/aromatic N) is 1. The number of hydrogen-bond donors (Lipinski definition) is 2. The van der Waals surface area contributed by atoms with Gasteiger partial charge in [-0.05, 0) is 44.2 Å². The molecule has 1 heterocycles. The third-order valence-electron chi connectivity index (χ3n) is 3.02. The third-order valence-corrected chi connectivity index (χ3v) is 3.02. The van der Waals surface area contributed by atoms with E-state index in [1.807, 2.05) is 6.07 Å². The zero-order valence-corrected chi connectivity index (χ0v) is 14.2. The van der Waals surface area contributed by atoms with E-state index < -0.39 is 0 Å². The van der Waals surface area contributed by atoms with Gasteiger partial charge in [0.05, 0.1) is 5.56 Å². The van der Waals surface area contributed by atoms with Crippen LogP contribution in [0.4, 0.5) is 5.82 Å². The topological polar surface area (TPSA) is 54.0 Å². The maximum absolute atomic E-state index is 12.5. The van der Waals surface area contributed by atoms with E-state index in [2.05, 4.69) is 57.2 Å². The van der Waals surface area contributed by atoms with Gasteiger partial charge in [-0.15, -0.1) is 0 Å². The van der Waals surface area contributed by atoms with Crippen LogP contribution < -0.4 is 10.6 Å². The molecule has 118 valence electrons. The van der Waals surface area contributed by atoms with Gasteiger partial charge in [0, 0.05) is 18.3 Å². The first-order chi connectivity index (χ1) is 9.64. The maximum Gasteiger partial charge on any atom is 0.255 e. The predicted molar refractivity (Wildman–Crippen MR) is 88.6 cm³/mol. The normalized spacial score (nSPS) is 12.1. The number of hydrogen-bond acceptors (Lipinski definition) is 3. The summed E-state index contributed by atoms with van der Waals surface area (Å²) < 4.78 is 0. The molecule has 0 fully saturated rings. The van der Waals surface area contributed by atoms with Gasteiger partial charge in [0.25, 0.3) is 5.91 Å². The minimum absolute atomic E-state index is 0.0732. The van der Waals surface area contributed by atoms with Crippen molar-refractivity contribution in [3.05, 3.63) is 23.9 Å². The smallest absolute Gasteiger partial charge is 0.255 e. The van der Waals surface area contributed by atoms with Gasteiger partial charge < -0.3 is 10.6 Å². The van der Waals surface area contributed by atoms with E-state index in [-0.39, 0.29) is 16.9 Å². The van der Waals surface area contributed by atoms with E-state index in [4.69, 9.17) is 0 Å². The largest absolute Gasteiger partial charge is 0.369 e. The highest BCUT2D eigenvalue weighted by molar-refractivity contribution is 5.99. The molecule has 0 atom stereocenters. The second kappa shape index (κ2) is 6.92. The summed E-state index contributed by atoms with van der Waals surface area (Å²) in [5.74, 6) is 0.583. The summed E-state index contributed by atoms with van der Waals surface area (Å²) in [4.78, 5) is 16.8. The minimum atomic E-state index is -0.257. The number of carbonyl (C=O) groups excluding carboxylic acids is 1. The summed E-state index contributed by atoms with van der Waals surface area (Å²) in [6.45, 7) is 13.6. The zero-order chi connectivity index (χ0) is 16.1. The Morgan fingerprint density at radius 2 is 1.90 bits per heavy atom. The fraction of sp³-hybridized carbons (Fsp3) is 0.647. The number of rotatable bonds is 6. The standard InChI is InChI=1S/C17H29N3O/c1-7-10-18-14-13(9-8-11-19-14)15(21)20-17(5,6)12-16(2,3)4/h8-9,11H,7,10,12H2,1-6H3,(H,18,19)(H,20,21). The van der Waals surface area contributed by atoms with Crippen LogP contribution in [0.5, 0.6) is 0 Å². The van der Waals surface area contributed by atoms with Gasteiger partial charge in [0.1, 0.15) is 5.82 Å². The van der Waals surface area contributed by atoms with Crippen LogP contribution in [0.25, 0.3) is 0 Å². The van der Waals surface area contributed by atoms with Crippen molar-refractivity contribution in [1.29, 1.82) is 0 Å². The lowest BCUT2D eigenvalue weighted by atomic mass is 9.81. The monoisotopic (exact) mass is 291 g/mol. The maximum atomic E-state index is 12.5. The van der Waals surface area contributed by atoms with Crippen molar-refractivity contribution in [1.82, 2.24) is 10.3 Å². The Bertz CT molecular complexity index is 475. The lowest BCUT2D eigenvalue weighted by molar-refractivity contribution is 0.0892. The summed E-state index contributed by atoms with van der Waals surface area (Å²) in [6, 6.07) is 3.61. The Kier molecular flexibility index (Phi) is 5.76. The van der Waals surface area contributed by atoms with E-state index in [0.29, 0.717) is 11.4 Å². The second-order valence-corrected chi connectivity index (χ2v) is 7.40. The van der Waals surface area contributed by atoms with Crippen molar-refractivity contribution < 1.29 is 4.79 Å². The number of aromatic nitrogens is 1. The molecule has 21 heavy (non-hydrogen) atoms. The molecule has 0 aliphatic carbocycles. The van der Waals surface area contributed by atoms with Gasteiger partial charge in [-0.25, -0.2) is 4.98 Å². The molecule has 1 aromatic rings. The van der Waals surface area contributed by atoms with E-state index >= 15 is 0 Å². The molecule has 0 bridgehead atoms. The fourth-order valence-electron chi connectivity index (χ4n) is 2.72. The van der Waals surface area contributed by atoms with Crippen molar-refractivity contribution in [2.75, 3.05) is 11.9 Å². The molecule has 0 unspecified atom stereocenters. The molecule has 0 saturated carbocycles.